The highest BCUT2D eigenvalue weighted by atomic mass is 35.5. The van der Waals surface area contributed by atoms with Crippen LogP contribution in [0.4, 0.5) is 13.2 Å². The summed E-state index contributed by atoms with van der Waals surface area (Å²) in [7, 11) is 0. The van der Waals surface area contributed by atoms with E-state index in [1.165, 1.54) is 18.2 Å². The third kappa shape index (κ3) is 3.55. The number of aryl methyl sites for hydroxylation is 1. The summed E-state index contributed by atoms with van der Waals surface area (Å²) in [5.74, 6) is 4.61. The Morgan fingerprint density at radius 2 is 1.86 bits per heavy atom. The number of hydrogen-bond acceptors (Lipinski definition) is 4. The smallest absolute Gasteiger partial charge is 0.374 e. The zero-order chi connectivity index (χ0) is 20.7. The number of amides is 1. The van der Waals surface area contributed by atoms with Crippen LogP contribution in [0, 0.1) is 6.92 Å². The number of carbonyl (C=O) groups excluding carboxylic acids is 1. The molecule has 0 saturated carbocycles. The SMILES string of the molecule is Cc1cc(C2=NOC(c3cc(Cl)cc(Cl)c3)(C(F)(F)F)C2)ccc1C(=O)NN. The quantitative estimate of drug-likeness (QED) is 0.427. The minimum atomic E-state index is -4.78. The zero-order valence-corrected chi connectivity index (χ0v) is 15.9. The summed E-state index contributed by atoms with van der Waals surface area (Å²) in [4.78, 5) is 16.6. The van der Waals surface area contributed by atoms with Crippen molar-refractivity contribution in [2.24, 2.45) is 11.0 Å². The van der Waals surface area contributed by atoms with Crippen molar-refractivity contribution in [2.45, 2.75) is 25.1 Å². The van der Waals surface area contributed by atoms with Gasteiger partial charge in [0, 0.05) is 27.6 Å². The lowest BCUT2D eigenvalue weighted by molar-refractivity contribution is -0.275. The second kappa shape index (κ2) is 7.27. The minimum absolute atomic E-state index is 0.0520. The van der Waals surface area contributed by atoms with Gasteiger partial charge in [-0.25, -0.2) is 5.84 Å². The molecule has 0 fully saturated rings. The number of oxime groups is 1. The lowest BCUT2D eigenvalue weighted by Gasteiger charge is -2.29. The number of carbonyl (C=O) groups is 1. The molecular formula is C18H14Cl2F3N3O2. The number of alkyl halides is 3. The summed E-state index contributed by atoms with van der Waals surface area (Å²) in [5.41, 5.74) is 0.355. The molecule has 28 heavy (non-hydrogen) atoms. The Morgan fingerprint density at radius 3 is 2.39 bits per heavy atom. The predicted molar refractivity (Wildman–Crippen MR) is 99.3 cm³/mol. The molecule has 0 aliphatic carbocycles. The van der Waals surface area contributed by atoms with E-state index in [0.29, 0.717) is 16.7 Å². The first-order valence-corrected chi connectivity index (χ1v) is 8.73. The van der Waals surface area contributed by atoms with Gasteiger partial charge < -0.3 is 4.84 Å². The molecule has 0 radical (unpaired) electrons. The van der Waals surface area contributed by atoms with E-state index in [2.05, 4.69) is 5.16 Å². The third-order valence-corrected chi connectivity index (χ3v) is 4.89. The molecule has 1 atom stereocenters. The van der Waals surface area contributed by atoms with Crippen LogP contribution in [0.15, 0.2) is 41.6 Å². The maximum Gasteiger partial charge on any atom is 0.435 e. The fourth-order valence-corrected chi connectivity index (χ4v) is 3.55. The van der Waals surface area contributed by atoms with Crippen LogP contribution in [-0.2, 0) is 10.4 Å². The lowest BCUT2D eigenvalue weighted by atomic mass is 9.86. The topological polar surface area (TPSA) is 76.7 Å². The molecule has 1 aliphatic rings. The van der Waals surface area contributed by atoms with Crippen molar-refractivity contribution in [3.05, 3.63) is 68.7 Å². The summed E-state index contributed by atoms with van der Waals surface area (Å²) in [6.45, 7) is 1.64. The summed E-state index contributed by atoms with van der Waals surface area (Å²) >= 11 is 11.8. The van der Waals surface area contributed by atoms with Gasteiger partial charge in [0.15, 0.2) is 0 Å². The average Bonchev–Trinajstić information content (AvgIpc) is 3.07. The Bertz CT molecular complexity index is 959. The molecule has 1 aliphatic heterocycles. The van der Waals surface area contributed by atoms with Crippen molar-refractivity contribution in [1.82, 2.24) is 5.43 Å². The van der Waals surface area contributed by atoms with E-state index in [1.54, 1.807) is 13.0 Å². The van der Waals surface area contributed by atoms with Crippen LogP contribution in [0.2, 0.25) is 10.0 Å². The van der Waals surface area contributed by atoms with E-state index in [4.69, 9.17) is 33.9 Å². The zero-order valence-electron chi connectivity index (χ0n) is 14.4. The standard InChI is InChI=1S/C18H14Cl2F3N3O2/c1-9-4-10(2-3-14(9)16(27)25-24)15-8-17(28-26-15,18(21,22)23)11-5-12(19)7-13(20)6-11/h2-7H,8,24H2,1H3,(H,25,27). The van der Waals surface area contributed by atoms with E-state index in [1.807, 2.05) is 5.43 Å². The van der Waals surface area contributed by atoms with Gasteiger partial charge in [-0.05, 0) is 48.4 Å². The normalized spacial score (nSPS) is 19.2. The number of nitrogen functional groups attached to an aromatic ring is 1. The highest BCUT2D eigenvalue weighted by molar-refractivity contribution is 6.34. The number of nitrogens with zero attached hydrogens (tertiary/aromatic N) is 1. The molecule has 3 rings (SSSR count). The van der Waals surface area contributed by atoms with Gasteiger partial charge in [-0.3, -0.25) is 10.2 Å². The van der Waals surface area contributed by atoms with Crippen molar-refractivity contribution in [3.63, 3.8) is 0 Å². The molecular weight excluding hydrogens is 418 g/mol. The molecule has 5 nitrogen and oxygen atoms in total. The van der Waals surface area contributed by atoms with Crippen LogP contribution in [0.1, 0.15) is 33.5 Å². The van der Waals surface area contributed by atoms with Gasteiger partial charge in [0.1, 0.15) is 0 Å². The Hall–Kier alpha value is -2.29. The predicted octanol–water partition coefficient (Wildman–Crippen LogP) is 4.49. The lowest BCUT2D eigenvalue weighted by Crippen LogP contribution is -2.42. The Labute approximate surface area is 168 Å². The average molecular weight is 432 g/mol. The van der Waals surface area contributed by atoms with Gasteiger partial charge in [-0.1, -0.05) is 34.4 Å². The maximum atomic E-state index is 14.0. The number of benzene rings is 2. The second-order valence-electron chi connectivity index (χ2n) is 6.29. The fraction of sp³-hybridized carbons (Fsp3) is 0.222. The molecule has 148 valence electrons. The Balaban J connectivity index is 2.00. The van der Waals surface area contributed by atoms with Crippen LogP contribution in [-0.4, -0.2) is 17.8 Å². The summed E-state index contributed by atoms with van der Waals surface area (Å²) < 4.78 is 42.0. The fourth-order valence-electron chi connectivity index (χ4n) is 3.02. The summed E-state index contributed by atoms with van der Waals surface area (Å²) in [5, 5.41) is 3.79. The Morgan fingerprint density at radius 1 is 1.21 bits per heavy atom. The minimum Gasteiger partial charge on any atom is -0.374 e. The van der Waals surface area contributed by atoms with Gasteiger partial charge in [-0.15, -0.1) is 0 Å². The van der Waals surface area contributed by atoms with Gasteiger partial charge in [0.2, 0.25) is 0 Å². The Kier molecular flexibility index (Phi) is 5.31. The highest BCUT2D eigenvalue weighted by Gasteiger charge is 2.62. The van der Waals surface area contributed by atoms with Crippen molar-refractivity contribution >= 4 is 34.8 Å². The highest BCUT2D eigenvalue weighted by Crippen LogP contribution is 2.49. The van der Waals surface area contributed by atoms with Crippen LogP contribution in [0.5, 0.6) is 0 Å². The molecule has 0 saturated heterocycles. The molecule has 1 heterocycles. The number of hydrogen-bond donors (Lipinski definition) is 2. The van der Waals surface area contributed by atoms with Gasteiger partial charge in [-0.2, -0.15) is 13.2 Å². The van der Waals surface area contributed by atoms with Gasteiger partial charge in [0.05, 0.1) is 5.71 Å². The van der Waals surface area contributed by atoms with Crippen molar-refractivity contribution < 1.29 is 22.8 Å². The summed E-state index contributed by atoms with van der Waals surface area (Å²) in [6.07, 6.45) is -5.35. The van der Waals surface area contributed by atoms with Crippen LogP contribution in [0.25, 0.3) is 0 Å². The molecule has 3 N–H and O–H groups in total. The molecule has 0 spiro atoms. The van der Waals surface area contributed by atoms with E-state index in [9.17, 15) is 18.0 Å². The van der Waals surface area contributed by atoms with Crippen molar-refractivity contribution in [2.75, 3.05) is 0 Å². The molecule has 1 unspecified atom stereocenters. The monoisotopic (exact) mass is 431 g/mol. The van der Waals surface area contributed by atoms with E-state index >= 15 is 0 Å². The van der Waals surface area contributed by atoms with Crippen LogP contribution < -0.4 is 11.3 Å². The van der Waals surface area contributed by atoms with Gasteiger partial charge in [0.25, 0.3) is 11.5 Å². The second-order valence-corrected chi connectivity index (χ2v) is 7.16. The number of hydrazine groups is 1. The molecule has 2 aromatic carbocycles. The van der Waals surface area contributed by atoms with Crippen molar-refractivity contribution in [3.8, 4) is 0 Å². The molecule has 10 heteroatoms. The van der Waals surface area contributed by atoms with E-state index in [0.717, 1.165) is 12.1 Å². The number of nitrogens with two attached hydrogens (primary N) is 1. The maximum absolute atomic E-state index is 14.0. The number of nitrogens with one attached hydrogen (secondary N) is 1. The van der Waals surface area contributed by atoms with E-state index < -0.39 is 24.1 Å². The van der Waals surface area contributed by atoms with Crippen LogP contribution in [0.3, 0.4) is 0 Å². The van der Waals surface area contributed by atoms with Gasteiger partial charge >= 0.3 is 6.18 Å². The number of halogens is 5. The van der Waals surface area contributed by atoms with Crippen LogP contribution >= 0.6 is 23.2 Å². The first kappa shape index (κ1) is 20.4. The largest absolute Gasteiger partial charge is 0.435 e. The molecule has 0 bridgehead atoms. The summed E-state index contributed by atoms with van der Waals surface area (Å²) in [6, 6.07) is 8.12. The van der Waals surface area contributed by atoms with Crippen molar-refractivity contribution in [1.29, 1.82) is 0 Å². The molecule has 2 aromatic rings. The van der Waals surface area contributed by atoms with E-state index in [-0.39, 0.29) is 21.3 Å². The third-order valence-electron chi connectivity index (χ3n) is 4.45. The first-order valence-electron chi connectivity index (χ1n) is 7.98. The molecule has 1 amide bonds. The molecule has 0 aromatic heterocycles. The first-order chi connectivity index (χ1) is 13.1. The number of rotatable bonds is 3.